The van der Waals surface area contributed by atoms with E-state index in [-0.39, 0.29) is 105 Å². The van der Waals surface area contributed by atoms with Crippen molar-refractivity contribution in [3.05, 3.63) is 0 Å². The fraction of sp³-hybridized carbons (Fsp3) is 0.779. The third-order valence-corrected chi connectivity index (χ3v) is 25.4. The summed E-state index contributed by atoms with van der Waals surface area (Å²) < 4.78 is 5.74. The molecule has 13 atom stereocenters. The lowest BCUT2D eigenvalue weighted by molar-refractivity contribution is -0.148. The monoisotopic (exact) mass is 1680 g/mol. The molecule has 1 spiro atoms. The van der Waals surface area contributed by atoms with Crippen molar-refractivity contribution in [3.63, 3.8) is 0 Å². The Bertz CT molecular complexity index is 3370. The number of Topliss-reactive ketones (excluding diaryl/α,β-unsaturated/α-hetero) is 1. The van der Waals surface area contributed by atoms with Crippen molar-refractivity contribution in [1.82, 2.24) is 62.6 Å². The van der Waals surface area contributed by atoms with E-state index in [9.17, 15) is 73.2 Å². The zero-order valence-electron chi connectivity index (χ0n) is 66.9. The third-order valence-electron chi connectivity index (χ3n) is 21.5. The standard InChI is InChI=1S/C77H123N13O22S3/c1-5-6-7-8-9-10-11-12-13-14-15-16-17-18-19-20-21-24-61(94)80-49-34-57-71(106)82-51(25-28-60(78)93)68(103)86-55-39-114-44-77(41-112-42-77)43-113-38-48(67(102)84-53(32-46(2)3)74(109)88-31-22-23-56(88)76(111)89(57)37-49)33-59(92)50(26-29-63(96)97)81-62(95)36-79-73(108)66(47(4)91)87-69(104)52(27-30-64(98)99)83-72(107)58-40-115-45-90(58)75(110)54(35-65(100)101)85-70(55)105/h46-58,66,91H,5-45H2,1-4H3,(H2,78,93)(H,79,108)(H,80,94)(H,81,95)(H,82,106)(H,83,107)(H,84,102)(H,85,105)(H,86,103)(H,87,104)(H,96,97)(H,98,99)(H,100,101)/t47-,48+,49+,50+,51+,52+,53+,54+,55+,56-,57+,58+,66+/m1/s1. The molecule has 6 aliphatic rings. The summed E-state index contributed by atoms with van der Waals surface area (Å²) in [6.07, 6.45) is 12.6. The number of ether oxygens (including phenoxy) is 1. The number of hydrogen-bond acceptors (Lipinski definition) is 22. The maximum atomic E-state index is 15.5. The summed E-state index contributed by atoms with van der Waals surface area (Å²) in [5, 5.41) is 63.6. The van der Waals surface area contributed by atoms with E-state index in [2.05, 4.69) is 54.8 Å². The van der Waals surface area contributed by atoms with E-state index >= 15 is 28.8 Å². The number of ketones is 1. The molecule has 115 heavy (non-hydrogen) atoms. The number of aliphatic hydroxyl groups is 1. The number of carbonyl (C=O) groups is 17. The molecule has 0 unspecified atom stereocenters. The van der Waals surface area contributed by atoms with E-state index in [1.807, 2.05) is 0 Å². The summed E-state index contributed by atoms with van der Waals surface area (Å²) in [6, 6.07) is -17.3. The van der Waals surface area contributed by atoms with Crippen molar-refractivity contribution >= 4 is 136 Å². The predicted molar refractivity (Wildman–Crippen MR) is 427 cm³/mol. The number of aliphatic carboxylic acids is 3. The Morgan fingerprint density at radius 1 is 0.539 bits per heavy atom. The van der Waals surface area contributed by atoms with Crippen LogP contribution in [0.4, 0.5) is 0 Å². The van der Waals surface area contributed by atoms with Crippen molar-refractivity contribution in [3.8, 4) is 0 Å². The van der Waals surface area contributed by atoms with Gasteiger partial charge in [-0.3, -0.25) is 81.5 Å². The van der Waals surface area contributed by atoms with Gasteiger partial charge in [0.1, 0.15) is 54.4 Å². The molecule has 35 nitrogen and oxygen atoms in total. The summed E-state index contributed by atoms with van der Waals surface area (Å²) in [4.78, 5) is 244. The van der Waals surface area contributed by atoms with Gasteiger partial charge in [-0.25, -0.2) is 0 Å². The minimum atomic E-state index is -2.00. The van der Waals surface area contributed by atoms with Gasteiger partial charge in [0.2, 0.25) is 76.8 Å². The highest BCUT2D eigenvalue weighted by Crippen LogP contribution is 2.37. The Morgan fingerprint density at radius 3 is 1.63 bits per heavy atom. The van der Waals surface area contributed by atoms with Crippen LogP contribution in [-0.2, 0) is 86.2 Å². The second kappa shape index (κ2) is 49.4. The highest BCUT2D eigenvalue weighted by molar-refractivity contribution is 8.00. The van der Waals surface area contributed by atoms with Crippen molar-refractivity contribution in [2.75, 3.05) is 67.5 Å². The fourth-order valence-electron chi connectivity index (χ4n) is 15.0. The average molecular weight is 1680 g/mol. The minimum absolute atomic E-state index is 0.00258. The van der Waals surface area contributed by atoms with Crippen molar-refractivity contribution in [2.45, 2.75) is 293 Å². The molecule has 13 amide bonds. The molecule has 6 saturated heterocycles. The second-order valence-corrected chi connectivity index (χ2v) is 34.8. The van der Waals surface area contributed by atoms with Gasteiger partial charge >= 0.3 is 17.9 Å². The van der Waals surface area contributed by atoms with Crippen LogP contribution in [0.1, 0.15) is 220 Å². The SMILES string of the molecule is CCCCCCCCCCCCCCCCCCCC(=O)N[C@H]1C[C@H]2C(=O)N[C@@H](CCC(N)=O)C(=O)N[C@H]3CSCC4(COC4)CSC[C@H](CC(=O)[C@H](CCC(=O)O)NC(=O)CNC(=O)[C@H]([C@@H](C)O)NC(=O)[C@H](CCC(=O)O)NC(=O)[C@@H]4CSCN4C(=O)[C@H](CC(=O)O)NC3=O)C(=O)N[C@@H](CC(C)C)C(=O)N3CCC[C@@H]3C(=O)N2C1. The number of fused-ring (bicyclic) bond motifs is 9. The van der Waals surface area contributed by atoms with Gasteiger partial charge in [0.25, 0.3) is 0 Å². The number of rotatable bonds is 33. The van der Waals surface area contributed by atoms with Gasteiger partial charge in [-0.1, -0.05) is 124 Å². The minimum Gasteiger partial charge on any atom is -0.481 e. The zero-order chi connectivity index (χ0) is 84.3. The number of nitrogens with one attached hydrogen (secondary N) is 9. The Kier molecular flexibility index (Phi) is 41.2. The zero-order valence-corrected chi connectivity index (χ0v) is 69.3. The first kappa shape index (κ1) is 96.0. The maximum Gasteiger partial charge on any atom is 0.305 e. The molecule has 6 heterocycles. The quantitative estimate of drug-likeness (QED) is 0.0414. The summed E-state index contributed by atoms with van der Waals surface area (Å²) in [7, 11) is 0. The van der Waals surface area contributed by atoms with Crippen LogP contribution in [0.5, 0.6) is 0 Å². The molecule has 6 aliphatic heterocycles. The molecular formula is C77H123N13O22S3. The number of primary amides is 1. The molecule has 0 saturated carbocycles. The number of unbranched alkanes of at least 4 members (excludes halogenated alkanes) is 16. The first-order valence-corrected chi connectivity index (χ1v) is 44.3. The van der Waals surface area contributed by atoms with Gasteiger partial charge < -0.3 is 93.4 Å². The van der Waals surface area contributed by atoms with Gasteiger partial charge in [0, 0.05) is 85.4 Å². The number of nitrogens with zero attached hydrogens (tertiary/aromatic N) is 3. The smallest absolute Gasteiger partial charge is 0.305 e. The van der Waals surface area contributed by atoms with Crippen LogP contribution in [-0.4, -0.2) is 276 Å². The van der Waals surface area contributed by atoms with Gasteiger partial charge in [-0.15, -0.1) is 11.8 Å². The van der Waals surface area contributed by atoms with E-state index in [0.717, 1.165) is 67.5 Å². The van der Waals surface area contributed by atoms with Crippen LogP contribution < -0.4 is 53.6 Å². The largest absolute Gasteiger partial charge is 0.481 e. The van der Waals surface area contributed by atoms with E-state index in [1.54, 1.807) is 13.8 Å². The first-order valence-electron chi connectivity index (χ1n) is 40.9. The van der Waals surface area contributed by atoms with Crippen LogP contribution in [0.2, 0.25) is 0 Å². The van der Waals surface area contributed by atoms with Crippen LogP contribution in [0.25, 0.3) is 0 Å². The second-order valence-electron chi connectivity index (χ2n) is 31.8. The first-order chi connectivity index (χ1) is 54.8. The Morgan fingerprint density at radius 2 is 1.08 bits per heavy atom. The molecule has 0 aromatic heterocycles. The lowest BCUT2D eigenvalue weighted by Gasteiger charge is -2.41. The number of nitrogens with two attached hydrogens (primary N) is 1. The highest BCUT2D eigenvalue weighted by Gasteiger charge is 2.49. The van der Waals surface area contributed by atoms with Crippen LogP contribution in [0.15, 0.2) is 0 Å². The lowest BCUT2D eigenvalue weighted by atomic mass is 9.91. The molecule has 0 aromatic carbocycles. The number of aliphatic hydroxyl groups excluding tert-OH is 1. The Labute approximate surface area is 684 Å². The maximum absolute atomic E-state index is 15.5. The lowest BCUT2D eigenvalue weighted by Crippen LogP contribution is -2.61. The molecule has 0 aromatic rings. The number of carboxylic acids is 3. The average Bonchev–Trinajstić information content (AvgIpc) is 1.65. The Balaban J connectivity index is 1.39. The number of hydrogen-bond donors (Lipinski definition) is 14. The van der Waals surface area contributed by atoms with Crippen molar-refractivity contribution in [1.29, 1.82) is 0 Å². The van der Waals surface area contributed by atoms with E-state index < -0.39 is 236 Å². The number of carboxylic acid groups (broad SMARTS) is 3. The van der Waals surface area contributed by atoms with Gasteiger partial charge in [-0.05, 0) is 64.2 Å². The number of thioether (sulfide) groups is 3. The predicted octanol–water partition coefficient (Wildman–Crippen LogP) is 1.50. The summed E-state index contributed by atoms with van der Waals surface area (Å²) in [5.74, 6) is -20.2. The molecule has 0 radical (unpaired) electrons. The molecule has 0 aliphatic carbocycles. The molecule has 646 valence electrons. The Hall–Kier alpha value is -7.84. The van der Waals surface area contributed by atoms with Gasteiger partial charge in [0.05, 0.1) is 50.1 Å². The van der Waals surface area contributed by atoms with E-state index in [1.165, 1.54) is 92.2 Å². The molecule has 6 fully saturated rings. The molecule has 38 heteroatoms. The topological polar surface area (TPSA) is 524 Å². The van der Waals surface area contributed by atoms with Crippen LogP contribution in [0, 0.1) is 17.3 Å². The fourth-order valence-corrected chi connectivity index (χ4v) is 19.0. The number of carbonyl (C=O) groups excluding carboxylic acids is 14. The van der Waals surface area contributed by atoms with Gasteiger partial charge in [0.15, 0.2) is 5.78 Å². The molecule has 15 N–H and O–H groups in total. The summed E-state index contributed by atoms with van der Waals surface area (Å²) in [6.45, 7) is 5.85. The van der Waals surface area contributed by atoms with Crippen LogP contribution in [0.3, 0.4) is 0 Å². The number of amides is 13. The highest BCUT2D eigenvalue weighted by atomic mass is 32.2. The van der Waals surface area contributed by atoms with E-state index in [0.29, 0.717) is 6.42 Å². The summed E-state index contributed by atoms with van der Waals surface area (Å²) >= 11 is 3.26. The molecule has 2 bridgehead atoms. The normalized spacial score (nSPS) is 26.6. The van der Waals surface area contributed by atoms with Crippen molar-refractivity contribution < 1.29 is 107 Å². The molecular weight excluding hydrogens is 1560 g/mol. The third kappa shape index (κ3) is 32.2. The molecule has 6 rings (SSSR count). The van der Waals surface area contributed by atoms with E-state index in [4.69, 9.17) is 10.5 Å². The van der Waals surface area contributed by atoms with Crippen molar-refractivity contribution in [2.24, 2.45) is 23.0 Å². The van der Waals surface area contributed by atoms with Crippen LogP contribution >= 0.6 is 35.3 Å². The summed E-state index contributed by atoms with van der Waals surface area (Å²) in [5.41, 5.74) is 4.88. The van der Waals surface area contributed by atoms with Gasteiger partial charge in [-0.2, -0.15) is 23.5 Å².